The lowest BCUT2D eigenvalue weighted by molar-refractivity contribution is -0.144. The Morgan fingerprint density at radius 2 is 2.20 bits per heavy atom. The van der Waals surface area contributed by atoms with Gasteiger partial charge in [-0.3, -0.25) is 9.59 Å². The molecule has 0 unspecified atom stereocenters. The number of nitrogens with one attached hydrogen (secondary N) is 1. The zero-order valence-corrected chi connectivity index (χ0v) is 12.0. The molecule has 1 amide bonds. The number of hydrogen-bond donors (Lipinski definition) is 2. The fraction of sp³-hybridized carbons (Fsp3) is 0.500. The van der Waals surface area contributed by atoms with Gasteiger partial charge in [-0.15, -0.1) is 11.3 Å². The van der Waals surface area contributed by atoms with Crippen molar-refractivity contribution in [2.45, 2.75) is 32.2 Å². The van der Waals surface area contributed by atoms with Crippen LogP contribution in [0.15, 0.2) is 5.38 Å². The highest BCUT2D eigenvalue weighted by Crippen LogP contribution is 2.08. The van der Waals surface area contributed by atoms with Crippen molar-refractivity contribution < 1.29 is 24.2 Å². The minimum absolute atomic E-state index is 0.0101. The molecule has 0 aliphatic rings. The number of hydrogen-bond acceptors (Lipinski definition) is 6. The second-order valence-corrected chi connectivity index (χ2v) is 5.17. The number of carbonyl (C=O) groups is 3. The van der Waals surface area contributed by atoms with Crippen LogP contribution in [0.2, 0.25) is 0 Å². The summed E-state index contributed by atoms with van der Waals surface area (Å²) < 4.78 is 4.43. The number of aliphatic carboxylic acids is 1. The molecule has 1 aromatic heterocycles. The van der Waals surface area contributed by atoms with E-state index < -0.39 is 23.9 Å². The molecule has 2 N–H and O–H groups in total. The molecular weight excluding hydrogens is 284 g/mol. The van der Waals surface area contributed by atoms with Gasteiger partial charge < -0.3 is 15.2 Å². The number of ether oxygens (including phenoxy) is 1. The monoisotopic (exact) mass is 300 g/mol. The molecule has 0 spiro atoms. The molecule has 0 saturated heterocycles. The number of carboxylic acid groups (broad SMARTS) is 1. The van der Waals surface area contributed by atoms with Crippen LogP contribution < -0.4 is 5.32 Å². The van der Waals surface area contributed by atoms with E-state index in [9.17, 15) is 14.4 Å². The van der Waals surface area contributed by atoms with E-state index in [-0.39, 0.29) is 19.3 Å². The normalized spacial score (nSPS) is 11.7. The van der Waals surface area contributed by atoms with E-state index in [2.05, 4.69) is 15.0 Å². The number of methoxy groups -OCH3 is 1. The van der Waals surface area contributed by atoms with Gasteiger partial charge in [0.25, 0.3) is 0 Å². The molecular formula is C12H16N2O5S. The summed E-state index contributed by atoms with van der Waals surface area (Å²) in [5, 5.41) is 14.0. The van der Waals surface area contributed by atoms with Crippen LogP contribution in [0.1, 0.15) is 23.5 Å². The highest BCUT2D eigenvalue weighted by molar-refractivity contribution is 7.09. The van der Waals surface area contributed by atoms with Crippen LogP contribution >= 0.6 is 11.3 Å². The molecule has 110 valence electrons. The topological polar surface area (TPSA) is 106 Å². The maximum atomic E-state index is 11.7. The van der Waals surface area contributed by atoms with Crippen molar-refractivity contribution in [3.05, 3.63) is 16.1 Å². The van der Waals surface area contributed by atoms with Crippen LogP contribution in [0.25, 0.3) is 0 Å². The summed E-state index contributed by atoms with van der Waals surface area (Å²) in [5.41, 5.74) is 0.599. The van der Waals surface area contributed by atoms with E-state index in [0.29, 0.717) is 5.69 Å². The number of carbonyl (C=O) groups excluding carboxylic acids is 2. The van der Waals surface area contributed by atoms with Gasteiger partial charge >= 0.3 is 11.9 Å². The molecule has 0 fully saturated rings. The average Bonchev–Trinajstić information content (AvgIpc) is 2.78. The first-order valence-corrected chi connectivity index (χ1v) is 6.80. The molecule has 1 heterocycles. The van der Waals surface area contributed by atoms with Crippen molar-refractivity contribution >= 4 is 29.2 Å². The van der Waals surface area contributed by atoms with Crippen LogP contribution in [0, 0.1) is 6.92 Å². The summed E-state index contributed by atoms with van der Waals surface area (Å²) in [6.45, 7) is 1.82. The minimum atomic E-state index is -1.18. The van der Waals surface area contributed by atoms with Gasteiger partial charge in [0.1, 0.15) is 6.04 Å². The molecule has 1 rings (SSSR count). The lowest BCUT2D eigenvalue weighted by Gasteiger charge is -2.13. The van der Waals surface area contributed by atoms with Crippen molar-refractivity contribution in [3.8, 4) is 0 Å². The zero-order chi connectivity index (χ0) is 15.1. The van der Waals surface area contributed by atoms with Crippen LogP contribution in [0.4, 0.5) is 0 Å². The van der Waals surface area contributed by atoms with Crippen LogP contribution in [-0.2, 0) is 25.5 Å². The van der Waals surface area contributed by atoms with Crippen molar-refractivity contribution in [2.24, 2.45) is 0 Å². The standard InChI is InChI=1S/C12H16N2O5S/c1-7-13-8(6-20-7)5-10(15)14-9(12(17)18)3-4-11(16)19-2/h6,9H,3-5H2,1-2H3,(H,14,15)(H,17,18)/t9-/m1/s1. The van der Waals surface area contributed by atoms with Crippen LogP contribution in [0.5, 0.6) is 0 Å². The van der Waals surface area contributed by atoms with Gasteiger partial charge in [-0.25, -0.2) is 9.78 Å². The Hall–Kier alpha value is -1.96. The van der Waals surface area contributed by atoms with E-state index >= 15 is 0 Å². The molecule has 8 heteroatoms. The second kappa shape index (κ2) is 7.59. The first-order valence-electron chi connectivity index (χ1n) is 5.92. The van der Waals surface area contributed by atoms with Crippen LogP contribution in [0.3, 0.4) is 0 Å². The van der Waals surface area contributed by atoms with Gasteiger partial charge in [0.15, 0.2) is 0 Å². The van der Waals surface area contributed by atoms with Gasteiger partial charge in [0.2, 0.25) is 5.91 Å². The molecule has 0 radical (unpaired) electrons. The zero-order valence-electron chi connectivity index (χ0n) is 11.2. The van der Waals surface area contributed by atoms with Gasteiger partial charge in [0, 0.05) is 11.8 Å². The number of carboxylic acids is 1. The molecule has 1 atom stereocenters. The van der Waals surface area contributed by atoms with Gasteiger partial charge in [-0.2, -0.15) is 0 Å². The minimum Gasteiger partial charge on any atom is -0.480 e. The molecule has 0 aliphatic carbocycles. The summed E-state index contributed by atoms with van der Waals surface area (Å²) in [7, 11) is 1.22. The Morgan fingerprint density at radius 1 is 1.50 bits per heavy atom. The first-order chi connectivity index (χ1) is 9.42. The summed E-state index contributed by atoms with van der Waals surface area (Å²) in [6, 6.07) is -1.11. The molecule has 7 nitrogen and oxygen atoms in total. The number of thiazole rings is 1. The van der Waals surface area contributed by atoms with Crippen molar-refractivity contribution in [1.29, 1.82) is 0 Å². The third kappa shape index (κ3) is 5.35. The maximum absolute atomic E-state index is 11.7. The fourth-order valence-electron chi connectivity index (χ4n) is 1.52. The van der Waals surface area contributed by atoms with Crippen molar-refractivity contribution in [1.82, 2.24) is 10.3 Å². The number of aryl methyl sites for hydroxylation is 1. The lowest BCUT2D eigenvalue weighted by Crippen LogP contribution is -2.41. The number of amides is 1. The maximum Gasteiger partial charge on any atom is 0.326 e. The third-order valence-corrected chi connectivity index (χ3v) is 3.33. The van der Waals surface area contributed by atoms with E-state index in [4.69, 9.17) is 5.11 Å². The molecule has 0 bridgehead atoms. The molecule has 0 aromatic carbocycles. The Bertz CT molecular complexity index is 500. The number of rotatable bonds is 7. The Morgan fingerprint density at radius 3 is 2.70 bits per heavy atom. The molecule has 0 aliphatic heterocycles. The molecule has 20 heavy (non-hydrogen) atoms. The second-order valence-electron chi connectivity index (χ2n) is 4.11. The van der Waals surface area contributed by atoms with E-state index in [0.717, 1.165) is 5.01 Å². The number of esters is 1. The number of nitrogens with zero attached hydrogens (tertiary/aromatic N) is 1. The molecule has 0 saturated carbocycles. The van der Waals surface area contributed by atoms with Crippen LogP contribution in [-0.4, -0.2) is 41.1 Å². The smallest absolute Gasteiger partial charge is 0.326 e. The van der Waals surface area contributed by atoms with Crippen molar-refractivity contribution in [2.75, 3.05) is 7.11 Å². The van der Waals surface area contributed by atoms with E-state index in [1.807, 2.05) is 6.92 Å². The van der Waals surface area contributed by atoms with E-state index in [1.54, 1.807) is 5.38 Å². The summed E-state index contributed by atoms with van der Waals surface area (Å²) in [5.74, 6) is -2.13. The fourth-order valence-corrected chi connectivity index (χ4v) is 2.13. The third-order valence-electron chi connectivity index (χ3n) is 2.51. The largest absolute Gasteiger partial charge is 0.480 e. The summed E-state index contributed by atoms with van der Waals surface area (Å²) >= 11 is 1.42. The SMILES string of the molecule is COC(=O)CC[C@@H](NC(=O)Cc1csc(C)n1)C(=O)O. The highest BCUT2D eigenvalue weighted by Gasteiger charge is 2.21. The predicted octanol–water partition coefficient (Wildman–Crippen LogP) is 0.517. The van der Waals surface area contributed by atoms with Gasteiger partial charge in [-0.05, 0) is 13.3 Å². The lowest BCUT2D eigenvalue weighted by atomic mass is 10.1. The average molecular weight is 300 g/mol. The summed E-state index contributed by atoms with van der Waals surface area (Å²) in [4.78, 5) is 37.8. The van der Waals surface area contributed by atoms with Crippen molar-refractivity contribution in [3.63, 3.8) is 0 Å². The van der Waals surface area contributed by atoms with E-state index in [1.165, 1.54) is 18.4 Å². The Balaban J connectivity index is 2.50. The predicted molar refractivity (Wildman–Crippen MR) is 71.4 cm³/mol. The summed E-state index contributed by atoms with van der Waals surface area (Å²) in [6.07, 6.45) is -0.0558. The van der Waals surface area contributed by atoms with Gasteiger partial charge in [-0.1, -0.05) is 0 Å². The number of aromatic nitrogens is 1. The first kappa shape index (κ1) is 16.1. The Labute approximate surface area is 120 Å². The molecule has 1 aromatic rings. The Kier molecular flexibility index (Phi) is 6.10. The van der Waals surface area contributed by atoms with Gasteiger partial charge in [0.05, 0.1) is 24.2 Å². The highest BCUT2D eigenvalue weighted by atomic mass is 32.1. The quantitative estimate of drug-likeness (QED) is 0.711.